The van der Waals surface area contributed by atoms with Gasteiger partial charge in [-0.3, -0.25) is 4.79 Å². The van der Waals surface area contributed by atoms with Crippen molar-refractivity contribution in [3.8, 4) is 5.75 Å². The Hall–Kier alpha value is -5.47. The molecule has 5 aromatic rings. The highest BCUT2D eigenvalue weighted by atomic mass is 16.6. The van der Waals surface area contributed by atoms with E-state index in [1.807, 2.05) is 45.9 Å². The van der Waals surface area contributed by atoms with Gasteiger partial charge in [-0.25, -0.2) is 9.59 Å². The summed E-state index contributed by atoms with van der Waals surface area (Å²) in [6, 6.07) is 31.6. The van der Waals surface area contributed by atoms with Crippen molar-refractivity contribution in [2.75, 3.05) is 13.1 Å². The zero-order chi connectivity index (χ0) is 43.6. The number of ether oxygens (including phenoxy) is 3. The summed E-state index contributed by atoms with van der Waals surface area (Å²) in [5, 5.41) is 4.21. The van der Waals surface area contributed by atoms with Gasteiger partial charge in [0.1, 0.15) is 16.9 Å². The van der Waals surface area contributed by atoms with Gasteiger partial charge in [-0.15, -0.1) is 0 Å². The lowest BCUT2D eigenvalue weighted by Crippen LogP contribution is -2.52. The van der Waals surface area contributed by atoms with Crippen LogP contribution < -0.4 is 15.7 Å². The van der Waals surface area contributed by atoms with Gasteiger partial charge in [-0.1, -0.05) is 98.3 Å². The van der Waals surface area contributed by atoms with Gasteiger partial charge in [0.05, 0.1) is 5.56 Å². The molecule has 0 spiro atoms. The predicted octanol–water partition coefficient (Wildman–Crippen LogP) is 10.4. The van der Waals surface area contributed by atoms with Crippen molar-refractivity contribution in [1.82, 2.24) is 5.32 Å². The molecule has 0 saturated heterocycles. The normalized spacial score (nSPS) is 22.3. The maximum atomic E-state index is 14.6. The largest absolute Gasteiger partial charge is 0.483 e. The van der Waals surface area contributed by atoms with Crippen molar-refractivity contribution in [2.45, 2.75) is 129 Å². The van der Waals surface area contributed by atoms with E-state index in [1.165, 1.54) is 16.7 Å². The fourth-order valence-corrected chi connectivity index (χ4v) is 10.0. The first-order valence-corrected chi connectivity index (χ1v) is 22.6. The van der Waals surface area contributed by atoms with Crippen LogP contribution in [0.2, 0.25) is 0 Å². The van der Waals surface area contributed by atoms with Crippen molar-refractivity contribution in [2.24, 2.45) is 5.92 Å². The molecule has 1 aliphatic carbocycles. The van der Waals surface area contributed by atoms with Crippen molar-refractivity contribution in [3.63, 3.8) is 0 Å². The number of fused-ring (bicyclic) bond motifs is 15. The molecule has 0 unspecified atom stereocenters. The first-order valence-electron chi connectivity index (χ1n) is 22.6. The summed E-state index contributed by atoms with van der Waals surface area (Å²) in [5.41, 5.74) is 8.02. The smallest absolute Gasteiger partial charge is 0.340 e. The second-order valence-electron chi connectivity index (χ2n) is 18.8. The number of nitrogens with one attached hydrogen (secondary N) is 1. The average Bonchev–Trinajstić information content (AvgIpc) is 3.59. The number of hydrogen-bond acceptors (Lipinski definition) is 8. The number of carbonyl (C=O) groups excluding carboxylic acids is 2. The van der Waals surface area contributed by atoms with Gasteiger partial charge in [-0.05, 0) is 150 Å². The zero-order valence-electron chi connectivity index (χ0n) is 37.2. The standard InChI is InChI=1S/C54H61NO7/c1-7-55-29-28-54(6)27-26-42-43-24-25-44-46(48(43)60-52(58)47(42)54)49-50(53(4,5)62-44)61-51(57)41(34(2)3)23-22-35-16-18-38(19-17-35)32-40(33-45(56)59-49)21-20-37-14-11-15-39(31-37)30-36-12-9-8-10-13-36/h8-19,24-25,31,40,49-50,55H,7,20-23,26-30,32-33H2,1-6H3/t40-,49+,50-,54-/m0/s1. The molecule has 2 bridgehead atoms. The van der Waals surface area contributed by atoms with E-state index >= 15 is 0 Å². The predicted molar refractivity (Wildman–Crippen MR) is 244 cm³/mol. The molecule has 4 aliphatic rings. The average molecular weight is 836 g/mol. The molecule has 62 heavy (non-hydrogen) atoms. The third kappa shape index (κ3) is 9.17. The third-order valence-electron chi connectivity index (χ3n) is 13.5. The van der Waals surface area contributed by atoms with Crippen LogP contribution in [0.3, 0.4) is 0 Å². The van der Waals surface area contributed by atoms with Gasteiger partial charge in [-0.2, -0.15) is 0 Å². The highest BCUT2D eigenvalue weighted by molar-refractivity contribution is 5.90. The molecular formula is C54H61NO7. The fraction of sp³-hybridized carbons (Fsp3) is 0.426. The van der Waals surface area contributed by atoms with Crippen molar-refractivity contribution in [1.29, 1.82) is 0 Å². The van der Waals surface area contributed by atoms with Crippen molar-refractivity contribution >= 4 is 22.9 Å². The van der Waals surface area contributed by atoms with Crippen LogP contribution in [-0.2, 0) is 56.6 Å². The van der Waals surface area contributed by atoms with Gasteiger partial charge in [0.15, 0.2) is 12.2 Å². The zero-order valence-corrected chi connectivity index (χ0v) is 37.2. The quantitative estimate of drug-likeness (QED) is 0.0678. The number of benzene rings is 4. The molecule has 4 aromatic carbocycles. The van der Waals surface area contributed by atoms with Crippen LogP contribution in [0.25, 0.3) is 11.0 Å². The highest BCUT2D eigenvalue weighted by Crippen LogP contribution is 2.50. The summed E-state index contributed by atoms with van der Waals surface area (Å²) in [5.74, 6) is -0.498. The molecule has 3 aliphatic heterocycles. The van der Waals surface area contributed by atoms with Crippen molar-refractivity contribution < 1.29 is 28.2 Å². The summed E-state index contributed by atoms with van der Waals surface area (Å²) in [4.78, 5) is 43.1. The highest BCUT2D eigenvalue weighted by Gasteiger charge is 2.51. The Kier molecular flexibility index (Phi) is 12.6. The Morgan fingerprint density at radius 1 is 0.790 bits per heavy atom. The van der Waals surface area contributed by atoms with Gasteiger partial charge in [0.2, 0.25) is 0 Å². The minimum absolute atomic E-state index is 0.0433. The molecule has 0 amide bonds. The van der Waals surface area contributed by atoms with Crippen molar-refractivity contribution in [3.05, 3.63) is 157 Å². The number of aryl methyl sites for hydroxylation is 3. The van der Waals surface area contributed by atoms with E-state index in [1.54, 1.807) is 0 Å². The lowest BCUT2D eigenvalue weighted by Gasteiger charge is -2.43. The maximum absolute atomic E-state index is 14.6. The van der Waals surface area contributed by atoms with E-state index in [-0.39, 0.29) is 23.4 Å². The molecule has 0 radical (unpaired) electrons. The fourth-order valence-electron chi connectivity index (χ4n) is 10.0. The van der Waals surface area contributed by atoms with Gasteiger partial charge < -0.3 is 23.9 Å². The van der Waals surface area contributed by atoms with Gasteiger partial charge in [0, 0.05) is 28.4 Å². The Labute approximate surface area is 366 Å². The van der Waals surface area contributed by atoms with E-state index in [0.29, 0.717) is 47.3 Å². The van der Waals surface area contributed by atoms with Crippen LogP contribution in [0, 0.1) is 5.92 Å². The maximum Gasteiger partial charge on any atom is 0.340 e. The van der Waals surface area contributed by atoms with E-state index in [9.17, 15) is 14.4 Å². The number of allylic oxidation sites excluding steroid dienone is 1. The Balaban J connectivity index is 1.17. The first-order chi connectivity index (χ1) is 29.8. The monoisotopic (exact) mass is 835 g/mol. The molecule has 9 rings (SSSR count). The first kappa shape index (κ1) is 43.2. The molecule has 0 fully saturated rings. The lowest BCUT2D eigenvalue weighted by atomic mass is 9.81. The minimum Gasteiger partial charge on any atom is -0.483 e. The molecular weight excluding hydrogens is 775 g/mol. The second kappa shape index (κ2) is 18.1. The second-order valence-corrected chi connectivity index (χ2v) is 18.8. The summed E-state index contributed by atoms with van der Waals surface area (Å²) in [6.07, 6.45) is 4.61. The number of hydrogen-bond donors (Lipinski definition) is 1. The lowest BCUT2D eigenvalue weighted by molar-refractivity contribution is -0.188. The van der Waals surface area contributed by atoms with Crippen LogP contribution in [0.1, 0.15) is 124 Å². The van der Waals surface area contributed by atoms with Crippen LogP contribution in [0.4, 0.5) is 0 Å². The topological polar surface area (TPSA) is 104 Å². The summed E-state index contributed by atoms with van der Waals surface area (Å²) < 4.78 is 26.2. The van der Waals surface area contributed by atoms with E-state index in [2.05, 4.69) is 92.0 Å². The Bertz CT molecular complexity index is 2530. The molecule has 4 atom stereocenters. The molecule has 8 nitrogen and oxygen atoms in total. The molecule has 8 heteroatoms. The minimum atomic E-state index is -1.11. The molecule has 324 valence electrons. The van der Waals surface area contributed by atoms with E-state index in [4.69, 9.17) is 18.6 Å². The Morgan fingerprint density at radius 2 is 1.53 bits per heavy atom. The van der Waals surface area contributed by atoms with E-state index in [0.717, 1.165) is 79.3 Å². The molecule has 1 aromatic heterocycles. The summed E-state index contributed by atoms with van der Waals surface area (Å²) in [6.45, 7) is 13.4. The van der Waals surface area contributed by atoms with Crippen LogP contribution in [0.5, 0.6) is 5.75 Å². The Morgan fingerprint density at radius 3 is 2.29 bits per heavy atom. The van der Waals surface area contributed by atoms with Crippen LogP contribution in [0.15, 0.2) is 111 Å². The number of esters is 2. The number of carbonyl (C=O) groups is 2. The summed E-state index contributed by atoms with van der Waals surface area (Å²) >= 11 is 0. The van der Waals surface area contributed by atoms with Gasteiger partial charge in [0.25, 0.3) is 0 Å². The molecule has 4 heterocycles. The van der Waals surface area contributed by atoms with Crippen LogP contribution >= 0.6 is 0 Å². The van der Waals surface area contributed by atoms with Crippen LogP contribution in [-0.4, -0.2) is 36.7 Å². The van der Waals surface area contributed by atoms with Gasteiger partial charge >= 0.3 is 17.6 Å². The SMILES string of the molecule is CCNCC[C@]1(C)CCc2c1c(=O)oc1c3c(ccc21)OC(C)(C)[C@H]1OC(=O)C(=C(C)C)CCc2ccc(cc2)C[C@H](CCc2cccc(Cc4ccccc4)c2)CC(=O)O[C@H]31. The third-order valence-corrected chi connectivity index (χ3v) is 13.5. The molecule has 1 N–H and O–H groups in total. The summed E-state index contributed by atoms with van der Waals surface area (Å²) in [7, 11) is 0. The molecule has 0 saturated carbocycles. The number of rotatable bonds is 9. The van der Waals surface area contributed by atoms with E-state index < -0.39 is 29.7 Å².